The van der Waals surface area contributed by atoms with Crippen LogP contribution in [0.1, 0.15) is 5.56 Å². The van der Waals surface area contributed by atoms with E-state index in [4.69, 9.17) is 4.74 Å². The van der Waals surface area contributed by atoms with Crippen LogP contribution in [0.15, 0.2) is 28.7 Å². The minimum absolute atomic E-state index is 0.373. The fourth-order valence-corrected chi connectivity index (χ4v) is 2.88. The van der Waals surface area contributed by atoms with Crippen molar-refractivity contribution < 1.29 is 4.74 Å². The molecule has 2 fully saturated rings. The summed E-state index contributed by atoms with van der Waals surface area (Å²) in [6, 6.07) is 8.59. The molecule has 2 aliphatic heterocycles. The van der Waals surface area contributed by atoms with Gasteiger partial charge in [0.15, 0.2) is 0 Å². The number of morpholine rings is 2. The molecule has 2 atom stereocenters. The highest BCUT2D eigenvalue weighted by atomic mass is 79.9. The van der Waals surface area contributed by atoms with E-state index in [2.05, 4.69) is 50.4 Å². The molecular formula is C13H17BrN2O. The molecule has 0 amide bonds. The van der Waals surface area contributed by atoms with Crippen LogP contribution in [0.2, 0.25) is 0 Å². The number of halogens is 1. The van der Waals surface area contributed by atoms with E-state index in [9.17, 15) is 0 Å². The average Bonchev–Trinajstić information content (AvgIpc) is 2.32. The molecule has 2 bridgehead atoms. The average molecular weight is 297 g/mol. The Morgan fingerprint density at radius 2 is 1.82 bits per heavy atom. The molecule has 2 heterocycles. The van der Waals surface area contributed by atoms with Crippen molar-refractivity contribution in [1.29, 1.82) is 0 Å². The molecule has 2 unspecified atom stereocenters. The first-order chi connectivity index (χ1) is 8.29. The van der Waals surface area contributed by atoms with Gasteiger partial charge in [0.25, 0.3) is 0 Å². The van der Waals surface area contributed by atoms with Gasteiger partial charge in [0.1, 0.15) is 0 Å². The molecule has 0 aliphatic carbocycles. The van der Waals surface area contributed by atoms with Crippen molar-refractivity contribution in [3.63, 3.8) is 0 Å². The van der Waals surface area contributed by atoms with Gasteiger partial charge in [0, 0.05) is 37.2 Å². The molecule has 4 heteroatoms. The van der Waals surface area contributed by atoms with Gasteiger partial charge in [0.05, 0.1) is 12.2 Å². The Bertz CT molecular complexity index is 370. The first kappa shape index (κ1) is 11.7. The first-order valence-corrected chi connectivity index (χ1v) is 6.92. The highest BCUT2D eigenvalue weighted by molar-refractivity contribution is 9.10. The zero-order valence-electron chi connectivity index (χ0n) is 9.73. The van der Waals surface area contributed by atoms with E-state index in [1.54, 1.807) is 0 Å². The van der Waals surface area contributed by atoms with Crippen LogP contribution in [0.4, 0.5) is 0 Å². The van der Waals surface area contributed by atoms with Crippen LogP contribution in [0.3, 0.4) is 0 Å². The molecule has 2 saturated heterocycles. The van der Waals surface area contributed by atoms with E-state index < -0.39 is 0 Å². The van der Waals surface area contributed by atoms with Crippen LogP contribution in [0, 0.1) is 0 Å². The number of nitrogens with one attached hydrogen (secondary N) is 1. The second-order valence-electron chi connectivity index (χ2n) is 4.86. The smallest absolute Gasteiger partial charge is 0.0831 e. The lowest BCUT2D eigenvalue weighted by molar-refractivity contribution is -0.105. The number of nitrogens with zero attached hydrogens (tertiary/aromatic N) is 1. The van der Waals surface area contributed by atoms with E-state index in [-0.39, 0.29) is 0 Å². The monoisotopic (exact) mass is 296 g/mol. The van der Waals surface area contributed by atoms with Crippen molar-refractivity contribution in [3.05, 3.63) is 34.3 Å². The van der Waals surface area contributed by atoms with Crippen molar-refractivity contribution in [3.8, 4) is 0 Å². The third kappa shape index (κ3) is 2.88. The summed E-state index contributed by atoms with van der Waals surface area (Å²) in [5, 5.41) is 3.42. The van der Waals surface area contributed by atoms with Gasteiger partial charge in [-0.25, -0.2) is 0 Å². The van der Waals surface area contributed by atoms with Crippen LogP contribution in [-0.2, 0) is 11.3 Å². The Morgan fingerprint density at radius 1 is 1.18 bits per heavy atom. The molecule has 17 heavy (non-hydrogen) atoms. The lowest BCUT2D eigenvalue weighted by Crippen LogP contribution is -2.57. The van der Waals surface area contributed by atoms with E-state index >= 15 is 0 Å². The maximum Gasteiger partial charge on any atom is 0.0831 e. The van der Waals surface area contributed by atoms with Crippen molar-refractivity contribution in [2.45, 2.75) is 18.8 Å². The van der Waals surface area contributed by atoms with Crippen LogP contribution in [0.25, 0.3) is 0 Å². The topological polar surface area (TPSA) is 24.5 Å². The number of fused-ring (bicyclic) bond motifs is 2. The standard InChI is InChI=1S/C13H17BrN2O/c14-11-3-1-10(2-4-11)7-16-8-12-5-15-6-13(9-16)17-12/h1-4,12-13,15H,5-9H2. The van der Waals surface area contributed by atoms with Crippen LogP contribution in [-0.4, -0.2) is 43.3 Å². The third-order valence-corrected chi connectivity index (χ3v) is 3.90. The highest BCUT2D eigenvalue weighted by Crippen LogP contribution is 2.18. The van der Waals surface area contributed by atoms with E-state index in [1.807, 2.05) is 0 Å². The first-order valence-electron chi connectivity index (χ1n) is 6.12. The van der Waals surface area contributed by atoms with Crippen molar-refractivity contribution >= 4 is 15.9 Å². The second-order valence-corrected chi connectivity index (χ2v) is 5.77. The van der Waals surface area contributed by atoms with Crippen molar-refractivity contribution in [2.24, 2.45) is 0 Å². The SMILES string of the molecule is Brc1ccc(CN2CC3CNCC(C2)O3)cc1. The maximum absolute atomic E-state index is 5.90. The Labute approximate surface area is 110 Å². The minimum atomic E-state index is 0.373. The molecule has 2 aliphatic rings. The van der Waals surface area contributed by atoms with Gasteiger partial charge in [-0.15, -0.1) is 0 Å². The van der Waals surface area contributed by atoms with Crippen LogP contribution in [0.5, 0.6) is 0 Å². The molecular weight excluding hydrogens is 280 g/mol. The number of hydrogen-bond acceptors (Lipinski definition) is 3. The summed E-state index contributed by atoms with van der Waals surface area (Å²) in [5.41, 5.74) is 1.38. The van der Waals surface area contributed by atoms with Gasteiger partial charge in [0.2, 0.25) is 0 Å². The summed E-state index contributed by atoms with van der Waals surface area (Å²) in [7, 11) is 0. The van der Waals surface area contributed by atoms with Gasteiger partial charge in [-0.1, -0.05) is 28.1 Å². The summed E-state index contributed by atoms with van der Waals surface area (Å²) in [4.78, 5) is 2.50. The molecule has 3 rings (SSSR count). The van der Waals surface area contributed by atoms with E-state index in [0.717, 1.165) is 37.2 Å². The Morgan fingerprint density at radius 3 is 2.47 bits per heavy atom. The summed E-state index contributed by atoms with van der Waals surface area (Å²) in [5.74, 6) is 0. The van der Waals surface area contributed by atoms with E-state index in [1.165, 1.54) is 5.56 Å². The molecule has 0 aromatic heterocycles. The fourth-order valence-electron chi connectivity index (χ4n) is 2.62. The predicted octanol–water partition coefficient (Wildman–Crippen LogP) is 1.62. The largest absolute Gasteiger partial charge is 0.370 e. The molecule has 1 aromatic carbocycles. The zero-order valence-corrected chi connectivity index (χ0v) is 11.3. The summed E-state index contributed by atoms with van der Waals surface area (Å²) >= 11 is 3.47. The zero-order chi connectivity index (χ0) is 11.7. The van der Waals surface area contributed by atoms with Crippen LogP contribution < -0.4 is 5.32 Å². The third-order valence-electron chi connectivity index (χ3n) is 3.37. The number of hydrogen-bond donors (Lipinski definition) is 1. The van der Waals surface area contributed by atoms with E-state index in [0.29, 0.717) is 12.2 Å². The number of benzene rings is 1. The summed E-state index contributed by atoms with van der Waals surface area (Å²) in [6.07, 6.45) is 0.746. The lowest BCUT2D eigenvalue weighted by atomic mass is 10.1. The normalized spacial score (nSPS) is 29.2. The van der Waals surface area contributed by atoms with Gasteiger partial charge < -0.3 is 10.1 Å². The molecule has 3 nitrogen and oxygen atoms in total. The van der Waals surface area contributed by atoms with Crippen molar-refractivity contribution in [2.75, 3.05) is 26.2 Å². The molecule has 0 saturated carbocycles. The van der Waals surface area contributed by atoms with Gasteiger partial charge in [-0.3, -0.25) is 4.90 Å². The number of rotatable bonds is 2. The molecule has 1 N–H and O–H groups in total. The Balaban J connectivity index is 1.63. The Kier molecular flexibility index (Phi) is 3.47. The summed E-state index contributed by atoms with van der Waals surface area (Å²) in [6.45, 7) is 5.10. The number of ether oxygens (including phenoxy) is 1. The molecule has 0 spiro atoms. The summed E-state index contributed by atoms with van der Waals surface area (Å²) < 4.78 is 7.04. The van der Waals surface area contributed by atoms with Gasteiger partial charge in [-0.2, -0.15) is 0 Å². The minimum Gasteiger partial charge on any atom is -0.370 e. The van der Waals surface area contributed by atoms with Crippen LogP contribution >= 0.6 is 15.9 Å². The molecule has 0 radical (unpaired) electrons. The van der Waals surface area contributed by atoms with Gasteiger partial charge in [-0.05, 0) is 17.7 Å². The highest BCUT2D eigenvalue weighted by Gasteiger charge is 2.30. The molecule has 92 valence electrons. The van der Waals surface area contributed by atoms with Crippen molar-refractivity contribution in [1.82, 2.24) is 10.2 Å². The fraction of sp³-hybridized carbons (Fsp3) is 0.538. The lowest BCUT2D eigenvalue weighted by Gasteiger charge is -2.41. The molecule has 1 aromatic rings. The quantitative estimate of drug-likeness (QED) is 0.898. The maximum atomic E-state index is 5.90. The van der Waals surface area contributed by atoms with Gasteiger partial charge >= 0.3 is 0 Å². The second kappa shape index (κ2) is 5.06. The predicted molar refractivity (Wildman–Crippen MR) is 70.9 cm³/mol. The Hall–Kier alpha value is -0.420.